The first kappa shape index (κ1) is 16.5. The summed E-state index contributed by atoms with van der Waals surface area (Å²) in [5, 5.41) is 2.94. The topological polar surface area (TPSA) is 32.3 Å². The van der Waals surface area contributed by atoms with Crippen molar-refractivity contribution in [1.29, 1.82) is 0 Å². The van der Waals surface area contributed by atoms with Crippen LogP contribution in [-0.4, -0.2) is 24.5 Å². The molecule has 0 aliphatic rings. The average molecular weight is 432 g/mol. The van der Waals surface area contributed by atoms with Crippen LogP contribution in [0.3, 0.4) is 0 Å². The number of halogens is 2. The number of hydrogen-bond donors (Lipinski definition) is 1. The summed E-state index contributed by atoms with van der Waals surface area (Å²) in [5.41, 5.74) is 1.09. The molecule has 6 heteroatoms. The van der Waals surface area contributed by atoms with E-state index in [9.17, 15) is 4.79 Å². The summed E-state index contributed by atoms with van der Waals surface area (Å²) < 4.78 is 2.14. The Labute approximate surface area is 145 Å². The summed E-state index contributed by atoms with van der Waals surface area (Å²) >= 11 is 8.63. The Hall–Kier alpha value is -0.850. The fraction of sp³-hybridized carbons (Fsp3) is 0.267. The monoisotopic (exact) mass is 430 g/mol. The molecule has 0 atom stereocenters. The van der Waals surface area contributed by atoms with Gasteiger partial charge in [-0.05, 0) is 46.1 Å². The van der Waals surface area contributed by atoms with Crippen molar-refractivity contribution >= 4 is 49.2 Å². The molecule has 0 saturated heterocycles. The number of hydrogen-bond acceptors (Lipinski definition) is 2. The van der Waals surface area contributed by atoms with Crippen LogP contribution in [0.25, 0.3) is 0 Å². The number of thiophene rings is 1. The first-order valence-electron chi connectivity index (χ1n) is 6.53. The largest absolute Gasteiger partial charge is 0.338 e. The first-order chi connectivity index (χ1) is 10.1. The molecule has 112 valence electrons. The van der Waals surface area contributed by atoms with Crippen molar-refractivity contribution in [2.75, 3.05) is 13.6 Å². The second-order valence-electron chi connectivity index (χ2n) is 4.64. The number of nitrogens with zero attached hydrogens (tertiary/aromatic N) is 1. The van der Waals surface area contributed by atoms with Gasteiger partial charge in [0.15, 0.2) is 0 Å². The highest BCUT2D eigenvalue weighted by Crippen LogP contribution is 2.22. The van der Waals surface area contributed by atoms with Crippen molar-refractivity contribution in [3.8, 4) is 0 Å². The predicted octanol–water partition coefficient (Wildman–Crippen LogP) is 4.66. The minimum atomic E-state index is -0.0543. The summed E-state index contributed by atoms with van der Waals surface area (Å²) in [6, 6.07) is 12.0. The van der Waals surface area contributed by atoms with Crippen LogP contribution in [0.2, 0.25) is 0 Å². The van der Waals surface area contributed by atoms with E-state index in [1.807, 2.05) is 30.3 Å². The zero-order chi connectivity index (χ0) is 15.2. The van der Waals surface area contributed by atoms with Crippen LogP contribution in [0.4, 0.5) is 4.79 Å². The summed E-state index contributed by atoms with van der Waals surface area (Å²) in [4.78, 5) is 15.0. The van der Waals surface area contributed by atoms with E-state index in [-0.39, 0.29) is 6.03 Å². The third-order valence-electron chi connectivity index (χ3n) is 2.99. The molecule has 2 amide bonds. The van der Waals surface area contributed by atoms with Gasteiger partial charge in [0.05, 0.1) is 3.79 Å². The SMILES string of the molecule is CN(Cc1ccccc1Br)C(=O)NCCc1ccc(Br)s1. The Morgan fingerprint density at radius 3 is 2.67 bits per heavy atom. The summed E-state index contributed by atoms with van der Waals surface area (Å²) in [7, 11) is 1.80. The Kier molecular flexibility index (Phi) is 6.26. The number of nitrogens with one attached hydrogen (secondary N) is 1. The highest BCUT2D eigenvalue weighted by molar-refractivity contribution is 9.11. The lowest BCUT2D eigenvalue weighted by atomic mass is 10.2. The lowest BCUT2D eigenvalue weighted by Crippen LogP contribution is -2.37. The average Bonchev–Trinajstić information content (AvgIpc) is 2.87. The molecule has 2 aromatic rings. The molecule has 0 bridgehead atoms. The van der Waals surface area contributed by atoms with Gasteiger partial charge in [0.2, 0.25) is 0 Å². The van der Waals surface area contributed by atoms with Crippen molar-refractivity contribution in [1.82, 2.24) is 10.2 Å². The zero-order valence-corrected chi connectivity index (χ0v) is 15.6. The Balaban J connectivity index is 1.79. The fourth-order valence-electron chi connectivity index (χ4n) is 1.87. The van der Waals surface area contributed by atoms with Crippen LogP contribution in [0, 0.1) is 0 Å². The van der Waals surface area contributed by atoms with E-state index in [0.717, 1.165) is 20.2 Å². The summed E-state index contributed by atoms with van der Waals surface area (Å²) in [6.45, 7) is 1.23. The van der Waals surface area contributed by atoms with E-state index in [0.29, 0.717) is 13.1 Å². The Bertz CT molecular complexity index is 615. The van der Waals surface area contributed by atoms with E-state index >= 15 is 0 Å². The molecule has 1 aromatic heterocycles. The molecular formula is C15H16Br2N2OS. The van der Waals surface area contributed by atoms with Crippen LogP contribution in [0.1, 0.15) is 10.4 Å². The summed E-state index contributed by atoms with van der Waals surface area (Å²) in [5.74, 6) is 0. The maximum atomic E-state index is 12.0. The van der Waals surface area contributed by atoms with Crippen molar-refractivity contribution in [2.45, 2.75) is 13.0 Å². The van der Waals surface area contributed by atoms with Crippen molar-refractivity contribution in [2.24, 2.45) is 0 Å². The molecule has 0 fully saturated rings. The van der Waals surface area contributed by atoms with Gasteiger partial charge < -0.3 is 10.2 Å². The molecule has 2 rings (SSSR count). The van der Waals surface area contributed by atoms with Gasteiger partial charge in [-0.25, -0.2) is 4.79 Å². The second kappa shape index (κ2) is 7.96. The number of carbonyl (C=O) groups is 1. The van der Waals surface area contributed by atoms with E-state index in [2.05, 4.69) is 43.2 Å². The highest BCUT2D eigenvalue weighted by atomic mass is 79.9. The number of carbonyl (C=O) groups excluding carboxylic acids is 1. The Morgan fingerprint density at radius 2 is 2.00 bits per heavy atom. The fourth-order valence-corrected chi connectivity index (χ4v) is 3.76. The number of rotatable bonds is 5. The number of urea groups is 1. The molecule has 0 saturated carbocycles. The van der Waals surface area contributed by atoms with Gasteiger partial charge in [-0.1, -0.05) is 34.1 Å². The van der Waals surface area contributed by atoms with Gasteiger partial charge in [0.1, 0.15) is 0 Å². The van der Waals surface area contributed by atoms with Crippen molar-refractivity contribution in [3.63, 3.8) is 0 Å². The molecule has 1 N–H and O–H groups in total. The van der Waals surface area contributed by atoms with Crippen molar-refractivity contribution in [3.05, 3.63) is 55.1 Å². The molecule has 0 spiro atoms. The highest BCUT2D eigenvalue weighted by Gasteiger charge is 2.10. The van der Waals surface area contributed by atoms with Gasteiger partial charge in [-0.15, -0.1) is 11.3 Å². The maximum absolute atomic E-state index is 12.0. The lowest BCUT2D eigenvalue weighted by molar-refractivity contribution is 0.207. The summed E-state index contributed by atoms with van der Waals surface area (Å²) in [6.07, 6.45) is 0.852. The number of amides is 2. The molecule has 1 aromatic carbocycles. The normalized spacial score (nSPS) is 10.4. The van der Waals surface area contributed by atoms with Gasteiger partial charge in [0.25, 0.3) is 0 Å². The maximum Gasteiger partial charge on any atom is 0.317 e. The van der Waals surface area contributed by atoms with E-state index in [1.165, 1.54) is 4.88 Å². The van der Waals surface area contributed by atoms with Crippen LogP contribution in [-0.2, 0) is 13.0 Å². The smallest absolute Gasteiger partial charge is 0.317 e. The van der Waals surface area contributed by atoms with Gasteiger partial charge in [-0.2, -0.15) is 0 Å². The number of benzene rings is 1. The predicted molar refractivity (Wildman–Crippen MR) is 94.7 cm³/mol. The molecular weight excluding hydrogens is 416 g/mol. The van der Waals surface area contributed by atoms with E-state index < -0.39 is 0 Å². The Morgan fingerprint density at radius 1 is 1.24 bits per heavy atom. The first-order valence-corrected chi connectivity index (χ1v) is 8.93. The van der Waals surface area contributed by atoms with Crippen LogP contribution in [0.5, 0.6) is 0 Å². The third-order valence-corrected chi connectivity index (χ3v) is 5.45. The zero-order valence-electron chi connectivity index (χ0n) is 11.6. The van der Waals surface area contributed by atoms with Crippen LogP contribution >= 0.6 is 43.2 Å². The van der Waals surface area contributed by atoms with E-state index in [1.54, 1.807) is 23.3 Å². The molecule has 1 heterocycles. The van der Waals surface area contributed by atoms with Crippen molar-refractivity contribution < 1.29 is 4.79 Å². The van der Waals surface area contributed by atoms with Gasteiger partial charge in [-0.3, -0.25) is 0 Å². The van der Waals surface area contributed by atoms with Crippen LogP contribution in [0.15, 0.2) is 44.7 Å². The third kappa shape index (κ3) is 5.13. The van der Waals surface area contributed by atoms with Crippen LogP contribution < -0.4 is 5.32 Å². The van der Waals surface area contributed by atoms with E-state index in [4.69, 9.17) is 0 Å². The lowest BCUT2D eigenvalue weighted by Gasteiger charge is -2.18. The molecule has 0 aliphatic heterocycles. The minimum absolute atomic E-state index is 0.0543. The quantitative estimate of drug-likeness (QED) is 0.733. The minimum Gasteiger partial charge on any atom is -0.338 e. The molecule has 0 radical (unpaired) electrons. The molecule has 0 unspecified atom stereocenters. The standard InChI is InChI=1S/C15H16Br2N2OS/c1-19(10-11-4-2-3-5-13(11)16)15(20)18-9-8-12-6-7-14(17)21-12/h2-7H,8-10H2,1H3,(H,18,20). The molecule has 21 heavy (non-hydrogen) atoms. The van der Waals surface area contributed by atoms with Gasteiger partial charge in [0, 0.05) is 29.5 Å². The second-order valence-corrected chi connectivity index (χ2v) is 8.04. The molecule has 0 aliphatic carbocycles. The molecule has 3 nitrogen and oxygen atoms in total. The van der Waals surface area contributed by atoms with Gasteiger partial charge >= 0.3 is 6.03 Å².